The molecule has 0 saturated heterocycles. The van der Waals surface area contributed by atoms with E-state index in [2.05, 4.69) is 67.5 Å². The molecule has 0 spiro atoms. The molecule has 0 bridgehead atoms. The molecule has 132 valence electrons. The Bertz CT molecular complexity index is 1000. The topological polar surface area (TPSA) is 33.5 Å². The standard InChI is InChI=1S/C23H23NO2/c1-23(2)12-4-3-7-19(23)10-8-18-15-17-9-11-20(24-13-5-6-14-24)16-21(17)26-22(18)25/h3-5,7-13,15-16,19H,6,14H2,1-2H3/b10-8+. The van der Waals surface area contributed by atoms with E-state index in [-0.39, 0.29) is 17.0 Å². The van der Waals surface area contributed by atoms with E-state index in [9.17, 15) is 4.79 Å². The van der Waals surface area contributed by atoms with Gasteiger partial charge in [-0.05, 0) is 30.0 Å². The minimum Gasteiger partial charge on any atom is -0.422 e. The van der Waals surface area contributed by atoms with Gasteiger partial charge in [0, 0.05) is 35.8 Å². The summed E-state index contributed by atoms with van der Waals surface area (Å²) in [7, 11) is 0. The second-order valence-electron chi connectivity index (χ2n) is 7.53. The maximum absolute atomic E-state index is 12.4. The summed E-state index contributed by atoms with van der Waals surface area (Å²) < 4.78 is 5.60. The summed E-state index contributed by atoms with van der Waals surface area (Å²) in [4.78, 5) is 14.6. The van der Waals surface area contributed by atoms with Gasteiger partial charge in [-0.15, -0.1) is 0 Å². The van der Waals surface area contributed by atoms with Crippen LogP contribution in [0.3, 0.4) is 0 Å². The van der Waals surface area contributed by atoms with Gasteiger partial charge in [0.2, 0.25) is 0 Å². The molecule has 0 amide bonds. The first-order valence-electron chi connectivity index (χ1n) is 9.08. The van der Waals surface area contributed by atoms with E-state index in [1.165, 1.54) is 0 Å². The number of rotatable bonds is 3. The second-order valence-corrected chi connectivity index (χ2v) is 7.53. The first-order chi connectivity index (χ1) is 12.5. The van der Waals surface area contributed by atoms with Gasteiger partial charge in [0.1, 0.15) is 5.58 Å². The van der Waals surface area contributed by atoms with Crippen LogP contribution in [0.25, 0.3) is 17.0 Å². The van der Waals surface area contributed by atoms with Crippen LogP contribution in [0, 0.1) is 11.3 Å². The fraction of sp³-hybridized carbons (Fsp3) is 0.261. The van der Waals surface area contributed by atoms with Crippen LogP contribution < -0.4 is 10.5 Å². The number of nitrogens with zero attached hydrogens (tertiary/aromatic N) is 1. The fourth-order valence-corrected chi connectivity index (χ4v) is 3.48. The number of hydrogen-bond donors (Lipinski definition) is 0. The van der Waals surface area contributed by atoms with E-state index in [1.807, 2.05) is 24.3 Å². The first kappa shape index (κ1) is 16.6. The van der Waals surface area contributed by atoms with Crippen LogP contribution in [0.5, 0.6) is 0 Å². The van der Waals surface area contributed by atoms with Crippen LogP contribution in [0.15, 0.2) is 76.1 Å². The number of fused-ring (bicyclic) bond motifs is 1. The summed E-state index contributed by atoms with van der Waals surface area (Å²) in [5, 5.41) is 0.939. The normalized spacial score (nSPS) is 21.3. The van der Waals surface area contributed by atoms with Crippen molar-refractivity contribution in [2.45, 2.75) is 20.3 Å². The molecule has 1 aliphatic carbocycles. The summed E-state index contributed by atoms with van der Waals surface area (Å²) in [5.41, 5.74) is 2.02. The van der Waals surface area contributed by atoms with Gasteiger partial charge in [0.25, 0.3) is 0 Å². The lowest BCUT2D eigenvalue weighted by atomic mass is 9.76. The summed E-state index contributed by atoms with van der Waals surface area (Å²) in [5.74, 6) is 0.256. The Labute approximate surface area is 153 Å². The first-order valence-corrected chi connectivity index (χ1v) is 9.08. The van der Waals surface area contributed by atoms with E-state index >= 15 is 0 Å². The van der Waals surface area contributed by atoms with Gasteiger partial charge in [-0.1, -0.05) is 56.4 Å². The highest BCUT2D eigenvalue weighted by Gasteiger charge is 2.24. The van der Waals surface area contributed by atoms with Gasteiger partial charge in [-0.25, -0.2) is 4.79 Å². The molecule has 0 fully saturated rings. The molecule has 26 heavy (non-hydrogen) atoms. The Hall–Kier alpha value is -2.81. The zero-order valence-electron chi connectivity index (χ0n) is 15.2. The molecule has 1 aliphatic heterocycles. The van der Waals surface area contributed by atoms with E-state index < -0.39 is 0 Å². The lowest BCUT2D eigenvalue weighted by Gasteiger charge is -2.29. The van der Waals surface area contributed by atoms with Crippen molar-refractivity contribution in [2.24, 2.45) is 11.3 Å². The third-order valence-electron chi connectivity index (χ3n) is 5.20. The highest BCUT2D eigenvalue weighted by atomic mass is 16.4. The van der Waals surface area contributed by atoms with E-state index in [4.69, 9.17) is 4.42 Å². The van der Waals surface area contributed by atoms with Crippen LogP contribution in [0.1, 0.15) is 25.8 Å². The van der Waals surface area contributed by atoms with E-state index in [0.717, 1.165) is 24.0 Å². The van der Waals surface area contributed by atoms with Crippen LogP contribution in [-0.4, -0.2) is 6.54 Å². The number of benzene rings is 1. The van der Waals surface area contributed by atoms with Crippen molar-refractivity contribution in [3.8, 4) is 0 Å². The minimum absolute atomic E-state index is 0.0421. The molecule has 3 heteroatoms. The molecule has 1 aromatic heterocycles. The van der Waals surface area contributed by atoms with Crippen molar-refractivity contribution in [2.75, 3.05) is 11.4 Å². The number of anilines is 1. The molecule has 1 unspecified atom stereocenters. The Balaban J connectivity index is 1.65. The molecular formula is C23H23NO2. The molecule has 2 aliphatic rings. The Morgan fingerprint density at radius 2 is 2.12 bits per heavy atom. The largest absolute Gasteiger partial charge is 0.422 e. The second kappa shape index (κ2) is 6.49. The molecule has 0 N–H and O–H groups in total. The average molecular weight is 345 g/mol. The third kappa shape index (κ3) is 3.17. The third-order valence-corrected chi connectivity index (χ3v) is 5.20. The zero-order valence-corrected chi connectivity index (χ0v) is 15.2. The SMILES string of the molecule is CC1(C)C=CC=CC1/C=C/c1cc2ccc(N3C=CCC3)cc2oc1=O. The highest BCUT2D eigenvalue weighted by Crippen LogP contribution is 2.33. The van der Waals surface area contributed by atoms with Crippen LogP contribution in [0.4, 0.5) is 5.69 Å². The minimum atomic E-state index is -0.295. The summed E-state index contributed by atoms with van der Waals surface area (Å²) in [6.07, 6.45) is 17.7. The van der Waals surface area contributed by atoms with E-state index in [0.29, 0.717) is 11.1 Å². The Kier molecular flexibility index (Phi) is 4.15. The van der Waals surface area contributed by atoms with Crippen LogP contribution in [-0.2, 0) is 0 Å². The monoisotopic (exact) mass is 345 g/mol. The van der Waals surface area contributed by atoms with Crippen LogP contribution in [0.2, 0.25) is 0 Å². The van der Waals surface area contributed by atoms with Crippen molar-refractivity contribution in [3.05, 3.63) is 82.9 Å². The molecule has 0 radical (unpaired) electrons. The maximum atomic E-state index is 12.4. The van der Waals surface area contributed by atoms with Crippen molar-refractivity contribution >= 4 is 22.7 Å². The quantitative estimate of drug-likeness (QED) is 0.708. The average Bonchev–Trinajstić information content (AvgIpc) is 3.15. The van der Waals surface area contributed by atoms with Gasteiger partial charge >= 0.3 is 5.63 Å². The molecule has 1 aromatic carbocycles. The number of hydrogen-bond acceptors (Lipinski definition) is 3. The lowest BCUT2D eigenvalue weighted by molar-refractivity contribution is 0.398. The zero-order chi connectivity index (χ0) is 18.1. The van der Waals surface area contributed by atoms with E-state index in [1.54, 1.807) is 0 Å². The molecule has 2 aromatic rings. The van der Waals surface area contributed by atoms with Gasteiger partial charge in [0.05, 0.1) is 5.56 Å². The molecule has 4 rings (SSSR count). The predicted octanol–water partition coefficient (Wildman–Crippen LogP) is 5.30. The number of allylic oxidation sites excluding steroid dienone is 5. The lowest BCUT2D eigenvalue weighted by Crippen LogP contribution is -2.19. The predicted molar refractivity (Wildman–Crippen MR) is 108 cm³/mol. The van der Waals surface area contributed by atoms with Crippen molar-refractivity contribution in [3.63, 3.8) is 0 Å². The Morgan fingerprint density at radius 3 is 2.88 bits per heavy atom. The smallest absolute Gasteiger partial charge is 0.343 e. The van der Waals surface area contributed by atoms with Crippen LogP contribution >= 0.6 is 0 Å². The van der Waals surface area contributed by atoms with Crippen molar-refractivity contribution in [1.29, 1.82) is 0 Å². The summed E-state index contributed by atoms with van der Waals surface area (Å²) >= 11 is 0. The molecule has 1 atom stereocenters. The fourth-order valence-electron chi connectivity index (χ4n) is 3.48. The molecule has 3 nitrogen and oxygen atoms in total. The van der Waals surface area contributed by atoms with Gasteiger partial charge in [-0.2, -0.15) is 0 Å². The van der Waals surface area contributed by atoms with Crippen molar-refractivity contribution in [1.82, 2.24) is 0 Å². The van der Waals surface area contributed by atoms with Gasteiger partial charge in [0.15, 0.2) is 0 Å². The summed E-state index contributed by atoms with van der Waals surface area (Å²) in [6.45, 7) is 5.36. The highest BCUT2D eigenvalue weighted by molar-refractivity contribution is 5.82. The summed E-state index contributed by atoms with van der Waals surface area (Å²) in [6, 6.07) is 7.95. The molecule has 0 saturated carbocycles. The molecule has 2 heterocycles. The van der Waals surface area contributed by atoms with Gasteiger partial charge in [-0.3, -0.25) is 0 Å². The van der Waals surface area contributed by atoms with Gasteiger partial charge < -0.3 is 9.32 Å². The maximum Gasteiger partial charge on any atom is 0.343 e. The van der Waals surface area contributed by atoms with Crippen molar-refractivity contribution < 1.29 is 4.42 Å². The Morgan fingerprint density at radius 1 is 1.23 bits per heavy atom. The molecular weight excluding hydrogens is 322 g/mol.